The summed E-state index contributed by atoms with van der Waals surface area (Å²) in [6, 6.07) is 5.38. The minimum absolute atomic E-state index is 0.0985. The number of pyridine rings is 1. The van der Waals surface area contributed by atoms with Gasteiger partial charge in [0, 0.05) is 13.6 Å². The smallest absolute Gasteiger partial charge is 0.269 e. The van der Waals surface area contributed by atoms with Gasteiger partial charge in [-0.05, 0) is 18.6 Å². The summed E-state index contributed by atoms with van der Waals surface area (Å²) in [5.74, 6) is 0.613. The van der Waals surface area contributed by atoms with E-state index in [1.807, 2.05) is 12.1 Å². The molecule has 0 aliphatic rings. The van der Waals surface area contributed by atoms with Crippen LogP contribution < -0.4 is 10.6 Å². The number of hydrogen-bond donors (Lipinski definition) is 2. The molecule has 0 radical (unpaired) electrons. The second kappa shape index (κ2) is 7.65. The highest BCUT2D eigenvalue weighted by Crippen LogP contribution is 2.03. The predicted octanol–water partition coefficient (Wildman–Crippen LogP) is 2.43. The standard InChI is InChI=1S/C13H21N3O/c1-3-4-5-6-10-15-13(17)11-8-7-9-12(14-2)16-11/h7-9H,3-6,10H2,1-2H3,(H,14,16)(H,15,17). The Morgan fingerprint density at radius 3 is 2.82 bits per heavy atom. The molecule has 1 heterocycles. The van der Waals surface area contributed by atoms with Crippen LogP contribution in [0.5, 0.6) is 0 Å². The van der Waals surface area contributed by atoms with Crippen molar-refractivity contribution in [2.45, 2.75) is 32.6 Å². The number of anilines is 1. The average Bonchev–Trinajstić information content (AvgIpc) is 2.38. The van der Waals surface area contributed by atoms with Crippen LogP contribution in [0.3, 0.4) is 0 Å². The van der Waals surface area contributed by atoms with Gasteiger partial charge in [-0.1, -0.05) is 32.3 Å². The number of nitrogens with zero attached hydrogens (tertiary/aromatic N) is 1. The Bertz CT molecular complexity index is 352. The zero-order chi connectivity index (χ0) is 12.5. The van der Waals surface area contributed by atoms with E-state index in [9.17, 15) is 4.79 Å². The molecule has 1 rings (SSSR count). The molecule has 2 N–H and O–H groups in total. The minimum Gasteiger partial charge on any atom is -0.373 e. The number of nitrogens with one attached hydrogen (secondary N) is 2. The number of hydrogen-bond acceptors (Lipinski definition) is 3. The molecule has 0 saturated carbocycles. The largest absolute Gasteiger partial charge is 0.373 e. The van der Waals surface area contributed by atoms with Crippen LogP contribution in [0.15, 0.2) is 18.2 Å². The highest BCUT2D eigenvalue weighted by atomic mass is 16.1. The van der Waals surface area contributed by atoms with Gasteiger partial charge in [0.1, 0.15) is 11.5 Å². The molecule has 17 heavy (non-hydrogen) atoms. The van der Waals surface area contributed by atoms with Gasteiger partial charge < -0.3 is 10.6 Å². The fourth-order valence-electron chi connectivity index (χ4n) is 1.54. The van der Waals surface area contributed by atoms with Crippen LogP contribution in [-0.4, -0.2) is 24.5 Å². The van der Waals surface area contributed by atoms with Gasteiger partial charge in [0.05, 0.1) is 0 Å². The molecule has 1 aromatic heterocycles. The van der Waals surface area contributed by atoms with Crippen molar-refractivity contribution in [3.05, 3.63) is 23.9 Å². The number of unbranched alkanes of at least 4 members (excludes halogenated alkanes) is 3. The Hall–Kier alpha value is -1.58. The lowest BCUT2D eigenvalue weighted by Crippen LogP contribution is -2.25. The third kappa shape index (κ3) is 4.85. The zero-order valence-corrected chi connectivity index (χ0v) is 10.6. The van der Waals surface area contributed by atoms with E-state index >= 15 is 0 Å². The molecule has 0 aromatic carbocycles. The number of rotatable bonds is 7. The second-order valence-corrected chi connectivity index (χ2v) is 3.97. The lowest BCUT2D eigenvalue weighted by Gasteiger charge is -2.05. The summed E-state index contributed by atoms with van der Waals surface area (Å²) in [7, 11) is 1.79. The lowest BCUT2D eigenvalue weighted by atomic mass is 10.2. The van der Waals surface area contributed by atoms with Gasteiger partial charge in [-0.2, -0.15) is 0 Å². The van der Waals surface area contributed by atoms with E-state index in [1.165, 1.54) is 19.3 Å². The molecule has 4 nitrogen and oxygen atoms in total. The normalized spacial score (nSPS) is 10.0. The first-order valence-electron chi connectivity index (χ1n) is 6.21. The summed E-state index contributed by atoms with van der Waals surface area (Å²) in [6.07, 6.45) is 4.63. The molecule has 0 saturated heterocycles. The zero-order valence-electron chi connectivity index (χ0n) is 10.6. The van der Waals surface area contributed by atoms with Crippen molar-refractivity contribution in [2.75, 3.05) is 18.9 Å². The van der Waals surface area contributed by atoms with Crippen LogP contribution in [0, 0.1) is 0 Å². The molecular formula is C13H21N3O. The molecule has 0 spiro atoms. The average molecular weight is 235 g/mol. The topological polar surface area (TPSA) is 54.0 Å². The Balaban J connectivity index is 2.36. The van der Waals surface area contributed by atoms with E-state index in [0.717, 1.165) is 13.0 Å². The molecule has 0 aliphatic carbocycles. The molecule has 0 fully saturated rings. The number of amides is 1. The molecule has 1 amide bonds. The van der Waals surface area contributed by atoms with E-state index in [-0.39, 0.29) is 5.91 Å². The van der Waals surface area contributed by atoms with Crippen LogP contribution in [0.25, 0.3) is 0 Å². The maximum atomic E-state index is 11.7. The van der Waals surface area contributed by atoms with Crippen molar-refractivity contribution in [1.82, 2.24) is 10.3 Å². The van der Waals surface area contributed by atoms with Crippen molar-refractivity contribution < 1.29 is 4.79 Å². The van der Waals surface area contributed by atoms with Gasteiger partial charge in [0.2, 0.25) is 0 Å². The monoisotopic (exact) mass is 235 g/mol. The van der Waals surface area contributed by atoms with Gasteiger partial charge in [0.15, 0.2) is 0 Å². The maximum Gasteiger partial charge on any atom is 0.269 e. The molecule has 94 valence electrons. The Morgan fingerprint density at radius 2 is 2.12 bits per heavy atom. The van der Waals surface area contributed by atoms with Gasteiger partial charge in [-0.15, -0.1) is 0 Å². The van der Waals surface area contributed by atoms with Crippen molar-refractivity contribution in [1.29, 1.82) is 0 Å². The summed E-state index contributed by atoms with van der Waals surface area (Å²) < 4.78 is 0. The summed E-state index contributed by atoms with van der Waals surface area (Å²) in [5, 5.41) is 5.80. The van der Waals surface area contributed by atoms with Crippen molar-refractivity contribution >= 4 is 11.7 Å². The lowest BCUT2D eigenvalue weighted by molar-refractivity contribution is 0.0948. The number of aromatic nitrogens is 1. The Morgan fingerprint density at radius 1 is 1.29 bits per heavy atom. The fourth-order valence-corrected chi connectivity index (χ4v) is 1.54. The second-order valence-electron chi connectivity index (χ2n) is 3.97. The molecular weight excluding hydrogens is 214 g/mol. The molecule has 1 aromatic rings. The van der Waals surface area contributed by atoms with Crippen molar-refractivity contribution in [3.63, 3.8) is 0 Å². The van der Waals surface area contributed by atoms with Crippen LogP contribution in [0.4, 0.5) is 5.82 Å². The first-order valence-corrected chi connectivity index (χ1v) is 6.21. The Labute approximate surface area is 103 Å². The van der Waals surface area contributed by atoms with Gasteiger partial charge in [-0.3, -0.25) is 4.79 Å². The quantitative estimate of drug-likeness (QED) is 0.714. The van der Waals surface area contributed by atoms with E-state index in [1.54, 1.807) is 13.1 Å². The van der Waals surface area contributed by atoms with Gasteiger partial charge in [-0.25, -0.2) is 4.98 Å². The van der Waals surface area contributed by atoms with E-state index in [4.69, 9.17) is 0 Å². The summed E-state index contributed by atoms with van der Waals surface area (Å²) in [5.41, 5.74) is 0.465. The molecule has 0 unspecified atom stereocenters. The maximum absolute atomic E-state index is 11.7. The minimum atomic E-state index is -0.0985. The van der Waals surface area contributed by atoms with E-state index in [2.05, 4.69) is 22.5 Å². The van der Waals surface area contributed by atoms with Crippen LogP contribution in [-0.2, 0) is 0 Å². The highest BCUT2D eigenvalue weighted by Gasteiger charge is 2.06. The first-order chi connectivity index (χ1) is 8.27. The molecule has 0 bridgehead atoms. The molecule has 0 atom stereocenters. The SMILES string of the molecule is CCCCCCNC(=O)c1cccc(NC)n1. The molecule has 0 aliphatic heterocycles. The summed E-state index contributed by atoms with van der Waals surface area (Å²) in [4.78, 5) is 15.9. The third-order valence-corrected chi connectivity index (χ3v) is 2.55. The predicted molar refractivity (Wildman–Crippen MR) is 70.3 cm³/mol. The van der Waals surface area contributed by atoms with Crippen LogP contribution in [0.1, 0.15) is 43.1 Å². The van der Waals surface area contributed by atoms with Gasteiger partial charge >= 0.3 is 0 Å². The summed E-state index contributed by atoms with van der Waals surface area (Å²) >= 11 is 0. The summed E-state index contributed by atoms with van der Waals surface area (Å²) in [6.45, 7) is 2.90. The van der Waals surface area contributed by atoms with Crippen molar-refractivity contribution in [2.24, 2.45) is 0 Å². The number of carbonyl (C=O) groups excluding carboxylic acids is 1. The Kier molecular flexibility index (Phi) is 6.07. The van der Waals surface area contributed by atoms with E-state index < -0.39 is 0 Å². The van der Waals surface area contributed by atoms with Crippen LogP contribution >= 0.6 is 0 Å². The van der Waals surface area contributed by atoms with Gasteiger partial charge in [0.25, 0.3) is 5.91 Å². The first kappa shape index (κ1) is 13.5. The highest BCUT2D eigenvalue weighted by molar-refractivity contribution is 5.92. The van der Waals surface area contributed by atoms with E-state index in [0.29, 0.717) is 11.5 Å². The van der Waals surface area contributed by atoms with Crippen molar-refractivity contribution in [3.8, 4) is 0 Å². The molecule has 4 heteroatoms. The number of carbonyl (C=O) groups is 1. The fraction of sp³-hybridized carbons (Fsp3) is 0.538. The van der Waals surface area contributed by atoms with Crippen LogP contribution in [0.2, 0.25) is 0 Å². The third-order valence-electron chi connectivity index (χ3n) is 2.55.